The van der Waals surface area contributed by atoms with E-state index in [1.807, 2.05) is 24.2 Å². The molecule has 0 unspecified atom stereocenters. The summed E-state index contributed by atoms with van der Waals surface area (Å²) in [5.41, 5.74) is 3.11. The Morgan fingerprint density at radius 2 is 1.95 bits per heavy atom. The molecule has 0 aromatic heterocycles. The third-order valence-corrected chi connectivity index (χ3v) is 3.52. The number of anilines is 1. The van der Waals surface area contributed by atoms with E-state index in [0.717, 1.165) is 24.2 Å². The number of benzene rings is 1. The molecule has 1 aliphatic rings. The standard InChI is InChI=1S/C18H21NO3/c1-4-22-17(21)14-5-7-15(8-6-14)19-16-9-13(12-20)10-18(2,3)11-16/h5-9,19H,4,10-11H2,1-3H3. The van der Waals surface area contributed by atoms with Crippen LogP contribution in [0.4, 0.5) is 5.69 Å². The Kier molecular flexibility index (Phi) is 4.84. The van der Waals surface area contributed by atoms with Crippen LogP contribution in [0.25, 0.3) is 0 Å². The molecular weight excluding hydrogens is 278 g/mol. The molecule has 0 spiro atoms. The molecule has 0 saturated heterocycles. The second-order valence-electron chi connectivity index (χ2n) is 6.24. The second-order valence-corrected chi connectivity index (χ2v) is 6.24. The highest BCUT2D eigenvalue weighted by atomic mass is 16.5. The Morgan fingerprint density at radius 1 is 1.27 bits per heavy atom. The summed E-state index contributed by atoms with van der Waals surface area (Å²) in [4.78, 5) is 22.6. The van der Waals surface area contributed by atoms with Gasteiger partial charge in [0.15, 0.2) is 0 Å². The van der Waals surface area contributed by atoms with Gasteiger partial charge in [-0.15, -0.1) is 0 Å². The summed E-state index contributed by atoms with van der Waals surface area (Å²) in [7, 11) is 0. The summed E-state index contributed by atoms with van der Waals surface area (Å²) in [5.74, 6) is 1.68. The number of esters is 1. The van der Waals surface area contributed by atoms with Crippen molar-refractivity contribution in [1.82, 2.24) is 0 Å². The highest BCUT2D eigenvalue weighted by Gasteiger charge is 2.26. The first kappa shape index (κ1) is 16.1. The number of allylic oxidation sites excluding steroid dienone is 3. The van der Waals surface area contributed by atoms with Gasteiger partial charge in [0.25, 0.3) is 0 Å². The largest absolute Gasteiger partial charge is 0.462 e. The van der Waals surface area contributed by atoms with E-state index >= 15 is 0 Å². The van der Waals surface area contributed by atoms with Crippen LogP contribution in [-0.4, -0.2) is 18.5 Å². The lowest BCUT2D eigenvalue weighted by atomic mass is 9.77. The van der Waals surface area contributed by atoms with Crippen LogP contribution in [0.15, 0.2) is 41.6 Å². The molecule has 0 heterocycles. The van der Waals surface area contributed by atoms with Crippen LogP contribution in [0.3, 0.4) is 0 Å². The Morgan fingerprint density at radius 3 is 2.55 bits per heavy atom. The minimum atomic E-state index is -0.321. The van der Waals surface area contributed by atoms with Crippen molar-refractivity contribution >= 4 is 17.6 Å². The molecule has 4 heteroatoms. The van der Waals surface area contributed by atoms with Crippen LogP contribution in [0.2, 0.25) is 0 Å². The second kappa shape index (κ2) is 6.63. The number of nitrogens with one attached hydrogen (secondary N) is 1. The van der Waals surface area contributed by atoms with E-state index in [1.165, 1.54) is 0 Å². The first-order valence-corrected chi connectivity index (χ1v) is 7.42. The summed E-state index contributed by atoms with van der Waals surface area (Å²) in [5, 5.41) is 3.31. The molecule has 0 bridgehead atoms. The SMILES string of the molecule is CCOC(=O)c1ccc(NC2=CC(=C=O)CC(C)(C)C2)cc1. The van der Waals surface area contributed by atoms with Gasteiger partial charge >= 0.3 is 5.97 Å². The van der Waals surface area contributed by atoms with Crippen molar-refractivity contribution in [3.8, 4) is 0 Å². The zero-order valence-electron chi connectivity index (χ0n) is 13.2. The molecule has 0 saturated carbocycles. The lowest BCUT2D eigenvalue weighted by molar-refractivity contribution is 0.0526. The Labute approximate surface area is 130 Å². The predicted octanol–water partition coefficient (Wildman–Crippen LogP) is 3.74. The minimum Gasteiger partial charge on any atom is -0.462 e. The molecule has 0 aliphatic heterocycles. The number of hydrogen-bond donors (Lipinski definition) is 1. The highest BCUT2D eigenvalue weighted by molar-refractivity contribution is 5.89. The van der Waals surface area contributed by atoms with Crippen molar-refractivity contribution in [2.45, 2.75) is 33.6 Å². The van der Waals surface area contributed by atoms with Crippen molar-refractivity contribution in [3.05, 3.63) is 47.2 Å². The van der Waals surface area contributed by atoms with Gasteiger partial charge < -0.3 is 10.1 Å². The van der Waals surface area contributed by atoms with E-state index in [1.54, 1.807) is 19.1 Å². The molecule has 0 fully saturated rings. The van der Waals surface area contributed by atoms with Crippen LogP contribution in [-0.2, 0) is 9.53 Å². The van der Waals surface area contributed by atoms with Gasteiger partial charge in [-0.3, -0.25) is 0 Å². The number of rotatable bonds is 4. The molecule has 116 valence electrons. The van der Waals surface area contributed by atoms with Crippen molar-refractivity contribution in [2.75, 3.05) is 11.9 Å². The fourth-order valence-corrected chi connectivity index (χ4v) is 2.64. The molecule has 1 aromatic rings. The van der Waals surface area contributed by atoms with Gasteiger partial charge in [0.2, 0.25) is 0 Å². The van der Waals surface area contributed by atoms with Gasteiger partial charge in [0, 0.05) is 17.0 Å². The zero-order chi connectivity index (χ0) is 16.2. The summed E-state index contributed by atoms with van der Waals surface area (Å²) < 4.78 is 4.96. The van der Waals surface area contributed by atoms with Crippen LogP contribution < -0.4 is 5.32 Å². The first-order valence-electron chi connectivity index (χ1n) is 7.42. The number of carbonyl (C=O) groups excluding carboxylic acids is 2. The van der Waals surface area contributed by atoms with Crippen LogP contribution in [0.1, 0.15) is 44.0 Å². The topological polar surface area (TPSA) is 55.4 Å². The average molecular weight is 299 g/mol. The molecule has 0 radical (unpaired) electrons. The summed E-state index contributed by atoms with van der Waals surface area (Å²) in [6.45, 7) is 6.40. The molecule has 0 amide bonds. The van der Waals surface area contributed by atoms with E-state index in [4.69, 9.17) is 4.74 Å². The molecule has 4 nitrogen and oxygen atoms in total. The maximum Gasteiger partial charge on any atom is 0.338 e. The lowest BCUT2D eigenvalue weighted by Gasteiger charge is -2.30. The maximum absolute atomic E-state index is 11.6. The zero-order valence-corrected chi connectivity index (χ0v) is 13.2. The fraction of sp³-hybridized carbons (Fsp3) is 0.389. The quantitative estimate of drug-likeness (QED) is 0.680. The van der Waals surface area contributed by atoms with Crippen molar-refractivity contribution in [1.29, 1.82) is 0 Å². The Hall–Kier alpha value is -2.32. The maximum atomic E-state index is 11.6. The summed E-state index contributed by atoms with van der Waals surface area (Å²) >= 11 is 0. The fourth-order valence-electron chi connectivity index (χ4n) is 2.64. The summed E-state index contributed by atoms with van der Waals surface area (Å²) in [6, 6.07) is 7.12. The van der Waals surface area contributed by atoms with Gasteiger partial charge in [0.05, 0.1) is 12.2 Å². The molecule has 22 heavy (non-hydrogen) atoms. The summed E-state index contributed by atoms with van der Waals surface area (Å²) in [6.07, 6.45) is 3.46. The predicted molar refractivity (Wildman–Crippen MR) is 86.3 cm³/mol. The van der Waals surface area contributed by atoms with E-state index in [0.29, 0.717) is 17.7 Å². The van der Waals surface area contributed by atoms with E-state index in [9.17, 15) is 9.59 Å². The molecule has 2 rings (SSSR count). The van der Waals surface area contributed by atoms with Crippen molar-refractivity contribution in [3.63, 3.8) is 0 Å². The Balaban J connectivity index is 2.12. The number of ether oxygens (including phenoxy) is 1. The molecular formula is C18H21NO3. The first-order chi connectivity index (χ1) is 10.4. The molecule has 1 aliphatic carbocycles. The van der Waals surface area contributed by atoms with Gasteiger partial charge in [0.1, 0.15) is 5.94 Å². The molecule has 1 N–H and O–H groups in total. The van der Waals surface area contributed by atoms with Gasteiger partial charge in [-0.25, -0.2) is 9.59 Å². The average Bonchev–Trinajstić information content (AvgIpc) is 2.46. The molecule has 1 aromatic carbocycles. The van der Waals surface area contributed by atoms with E-state index in [-0.39, 0.29) is 11.4 Å². The van der Waals surface area contributed by atoms with Crippen molar-refractivity contribution < 1.29 is 14.3 Å². The van der Waals surface area contributed by atoms with E-state index in [2.05, 4.69) is 19.2 Å². The third-order valence-electron chi connectivity index (χ3n) is 3.52. The van der Waals surface area contributed by atoms with Gasteiger partial charge in [-0.05, 0) is 55.5 Å². The smallest absolute Gasteiger partial charge is 0.338 e. The number of carbonyl (C=O) groups is 1. The monoisotopic (exact) mass is 299 g/mol. The van der Waals surface area contributed by atoms with Crippen LogP contribution in [0, 0.1) is 5.41 Å². The van der Waals surface area contributed by atoms with Crippen molar-refractivity contribution in [2.24, 2.45) is 5.41 Å². The van der Waals surface area contributed by atoms with E-state index < -0.39 is 0 Å². The Bertz CT molecular complexity index is 635. The number of hydrogen-bond acceptors (Lipinski definition) is 4. The lowest BCUT2D eigenvalue weighted by Crippen LogP contribution is -2.20. The van der Waals surface area contributed by atoms with Gasteiger partial charge in [-0.1, -0.05) is 13.8 Å². The normalized spacial score (nSPS) is 16.5. The highest BCUT2D eigenvalue weighted by Crippen LogP contribution is 2.37. The minimum absolute atomic E-state index is 0.0364. The molecule has 0 atom stereocenters. The third kappa shape index (κ3) is 4.09. The van der Waals surface area contributed by atoms with Crippen LogP contribution in [0.5, 0.6) is 0 Å². The van der Waals surface area contributed by atoms with Gasteiger partial charge in [-0.2, -0.15) is 0 Å². The van der Waals surface area contributed by atoms with Crippen LogP contribution >= 0.6 is 0 Å².